The molecule has 106 valence electrons. The maximum absolute atomic E-state index is 14.2. The minimum absolute atomic E-state index is 0.0528. The highest BCUT2D eigenvalue weighted by Crippen LogP contribution is 2.33. The van der Waals surface area contributed by atoms with E-state index in [9.17, 15) is 14.3 Å². The van der Waals surface area contributed by atoms with Crippen LogP contribution in [-0.2, 0) is 7.05 Å². The van der Waals surface area contributed by atoms with E-state index in [2.05, 4.69) is 15.1 Å². The Kier molecular flexibility index (Phi) is 2.79. The number of aldehydes is 1. The Morgan fingerprint density at radius 3 is 2.90 bits per heavy atom. The number of aryl methyl sites for hydroxylation is 1. The quantitative estimate of drug-likeness (QED) is 0.687. The number of nitrogens with zero attached hydrogens (tertiary/aromatic N) is 4. The number of hydrogen-bond donors (Lipinski definition) is 2. The SMILES string of the molecule is Cn1nc(-c2ccc(C=O)c(O)c2F)c2cnc(N)nc21. The van der Waals surface area contributed by atoms with Crippen LogP contribution < -0.4 is 5.73 Å². The Hall–Kier alpha value is -3.03. The first-order valence-corrected chi connectivity index (χ1v) is 5.95. The van der Waals surface area contributed by atoms with Gasteiger partial charge in [-0.25, -0.2) is 14.1 Å². The lowest BCUT2D eigenvalue weighted by atomic mass is 10.1. The molecule has 1 aromatic carbocycles. The molecule has 3 aromatic rings. The van der Waals surface area contributed by atoms with Crippen molar-refractivity contribution in [3.8, 4) is 17.0 Å². The van der Waals surface area contributed by atoms with Gasteiger partial charge in [0.1, 0.15) is 5.69 Å². The molecule has 0 aliphatic heterocycles. The van der Waals surface area contributed by atoms with E-state index >= 15 is 0 Å². The lowest BCUT2D eigenvalue weighted by Gasteiger charge is -2.04. The van der Waals surface area contributed by atoms with E-state index in [1.54, 1.807) is 7.05 Å². The lowest BCUT2D eigenvalue weighted by Crippen LogP contribution is -1.97. The molecule has 0 radical (unpaired) electrons. The molecule has 3 N–H and O–H groups in total. The van der Waals surface area contributed by atoms with E-state index in [1.807, 2.05) is 0 Å². The molecule has 2 heterocycles. The number of rotatable bonds is 2. The number of carbonyl (C=O) groups excluding carboxylic acids is 1. The molecule has 0 atom stereocenters. The zero-order chi connectivity index (χ0) is 15.1. The fourth-order valence-electron chi connectivity index (χ4n) is 2.11. The molecule has 0 aliphatic carbocycles. The van der Waals surface area contributed by atoms with E-state index in [0.29, 0.717) is 17.3 Å². The van der Waals surface area contributed by atoms with Gasteiger partial charge in [0, 0.05) is 18.8 Å². The van der Waals surface area contributed by atoms with Gasteiger partial charge in [-0.05, 0) is 12.1 Å². The molecule has 3 rings (SSSR count). The van der Waals surface area contributed by atoms with Crippen molar-refractivity contribution in [3.05, 3.63) is 29.7 Å². The van der Waals surface area contributed by atoms with Crippen molar-refractivity contribution < 1.29 is 14.3 Å². The summed E-state index contributed by atoms with van der Waals surface area (Å²) >= 11 is 0. The number of phenolic OH excluding ortho intramolecular Hbond substituents is 1. The summed E-state index contributed by atoms with van der Waals surface area (Å²) in [5.74, 6) is -1.55. The Morgan fingerprint density at radius 2 is 2.19 bits per heavy atom. The van der Waals surface area contributed by atoms with Crippen LogP contribution in [0.15, 0.2) is 18.3 Å². The first kappa shape index (κ1) is 13.0. The zero-order valence-electron chi connectivity index (χ0n) is 10.9. The highest BCUT2D eigenvalue weighted by Gasteiger charge is 2.19. The highest BCUT2D eigenvalue weighted by atomic mass is 19.1. The van der Waals surface area contributed by atoms with Crippen molar-refractivity contribution in [1.82, 2.24) is 19.7 Å². The summed E-state index contributed by atoms with van der Waals surface area (Å²) in [6.45, 7) is 0. The van der Waals surface area contributed by atoms with Gasteiger partial charge < -0.3 is 10.8 Å². The van der Waals surface area contributed by atoms with Crippen LogP contribution in [0.25, 0.3) is 22.3 Å². The number of aromatic hydroxyl groups is 1. The fourth-order valence-corrected chi connectivity index (χ4v) is 2.11. The van der Waals surface area contributed by atoms with Crippen molar-refractivity contribution in [2.75, 3.05) is 5.73 Å². The molecule has 21 heavy (non-hydrogen) atoms. The molecule has 0 spiro atoms. The third-order valence-electron chi connectivity index (χ3n) is 3.13. The molecule has 0 saturated heterocycles. The van der Waals surface area contributed by atoms with Crippen molar-refractivity contribution in [2.45, 2.75) is 0 Å². The Balaban J connectivity index is 2.31. The molecule has 0 aliphatic rings. The second-order valence-electron chi connectivity index (χ2n) is 4.42. The second kappa shape index (κ2) is 4.51. The third-order valence-corrected chi connectivity index (χ3v) is 3.13. The van der Waals surface area contributed by atoms with Gasteiger partial charge in [-0.3, -0.25) is 4.79 Å². The van der Waals surface area contributed by atoms with Crippen LogP contribution in [0.4, 0.5) is 10.3 Å². The highest BCUT2D eigenvalue weighted by molar-refractivity contribution is 5.92. The third kappa shape index (κ3) is 1.88. The summed E-state index contributed by atoms with van der Waals surface area (Å²) in [5, 5.41) is 14.3. The number of benzene rings is 1. The van der Waals surface area contributed by atoms with Crippen molar-refractivity contribution in [1.29, 1.82) is 0 Å². The van der Waals surface area contributed by atoms with Crippen LogP contribution in [0.1, 0.15) is 10.4 Å². The Bertz CT molecular complexity index is 875. The number of hydrogen-bond acceptors (Lipinski definition) is 6. The van der Waals surface area contributed by atoms with E-state index in [0.717, 1.165) is 0 Å². The molecule has 7 nitrogen and oxygen atoms in total. The summed E-state index contributed by atoms with van der Waals surface area (Å²) < 4.78 is 15.7. The molecule has 2 aromatic heterocycles. The van der Waals surface area contributed by atoms with Gasteiger partial charge in [0.2, 0.25) is 5.95 Å². The largest absolute Gasteiger partial charge is 0.504 e. The minimum Gasteiger partial charge on any atom is -0.504 e. The number of nitrogen functional groups attached to an aromatic ring is 1. The standard InChI is InChI=1S/C13H10FN5O2/c1-19-12-8(4-16-13(15)17-12)10(18-19)7-3-2-6(5-20)11(21)9(7)14/h2-5,21H,1H3,(H2,15,16,17). The van der Waals surface area contributed by atoms with Crippen molar-refractivity contribution >= 4 is 23.3 Å². The Labute approximate surface area is 117 Å². The van der Waals surface area contributed by atoms with Gasteiger partial charge in [-0.15, -0.1) is 0 Å². The van der Waals surface area contributed by atoms with Crippen LogP contribution >= 0.6 is 0 Å². The predicted octanol–water partition coefficient (Wildman–Crippen LogP) is 1.27. The van der Waals surface area contributed by atoms with E-state index in [-0.39, 0.29) is 22.8 Å². The first-order valence-electron chi connectivity index (χ1n) is 5.95. The Morgan fingerprint density at radius 1 is 1.43 bits per heavy atom. The second-order valence-corrected chi connectivity index (χ2v) is 4.42. The number of nitrogens with two attached hydrogens (primary N) is 1. The van der Waals surface area contributed by atoms with Crippen LogP contribution in [0.5, 0.6) is 5.75 Å². The van der Waals surface area contributed by atoms with Crippen molar-refractivity contribution in [2.24, 2.45) is 7.05 Å². The summed E-state index contributed by atoms with van der Waals surface area (Å²) in [6, 6.07) is 2.69. The van der Waals surface area contributed by atoms with Gasteiger partial charge in [0.25, 0.3) is 0 Å². The molecule has 0 amide bonds. The molecule has 0 unspecified atom stereocenters. The monoisotopic (exact) mass is 287 g/mol. The lowest BCUT2D eigenvalue weighted by molar-refractivity contribution is 0.112. The normalized spacial score (nSPS) is 11.0. The van der Waals surface area contributed by atoms with Gasteiger partial charge in [0.15, 0.2) is 23.5 Å². The topological polar surface area (TPSA) is 107 Å². The van der Waals surface area contributed by atoms with Crippen molar-refractivity contribution in [3.63, 3.8) is 0 Å². The molecular formula is C13H10FN5O2. The molecular weight excluding hydrogens is 277 g/mol. The van der Waals surface area contributed by atoms with Gasteiger partial charge >= 0.3 is 0 Å². The fraction of sp³-hybridized carbons (Fsp3) is 0.0769. The van der Waals surface area contributed by atoms with E-state index < -0.39 is 11.6 Å². The molecule has 8 heteroatoms. The first-order chi connectivity index (χ1) is 10.0. The minimum atomic E-state index is -0.920. The predicted molar refractivity (Wildman–Crippen MR) is 73.2 cm³/mol. The maximum Gasteiger partial charge on any atom is 0.222 e. The number of phenols is 1. The van der Waals surface area contributed by atoms with Gasteiger partial charge in [0.05, 0.1) is 10.9 Å². The van der Waals surface area contributed by atoms with Gasteiger partial charge in [-0.1, -0.05) is 0 Å². The number of halogens is 1. The van der Waals surface area contributed by atoms with Crippen LogP contribution in [-0.4, -0.2) is 31.1 Å². The average molecular weight is 287 g/mol. The number of anilines is 1. The maximum atomic E-state index is 14.2. The number of carbonyl (C=O) groups is 1. The average Bonchev–Trinajstić information content (AvgIpc) is 2.78. The number of aromatic nitrogens is 4. The van der Waals surface area contributed by atoms with E-state index in [1.165, 1.54) is 23.0 Å². The van der Waals surface area contributed by atoms with Crippen LogP contribution in [0.3, 0.4) is 0 Å². The van der Waals surface area contributed by atoms with Crippen LogP contribution in [0.2, 0.25) is 0 Å². The smallest absolute Gasteiger partial charge is 0.222 e. The summed E-state index contributed by atoms with van der Waals surface area (Å²) in [7, 11) is 1.63. The van der Waals surface area contributed by atoms with E-state index in [4.69, 9.17) is 5.73 Å². The summed E-state index contributed by atoms with van der Waals surface area (Å²) in [6.07, 6.45) is 1.81. The molecule has 0 saturated carbocycles. The molecule has 0 fully saturated rings. The summed E-state index contributed by atoms with van der Waals surface area (Å²) in [4.78, 5) is 18.6. The van der Waals surface area contributed by atoms with Crippen LogP contribution in [0, 0.1) is 5.82 Å². The summed E-state index contributed by atoms with van der Waals surface area (Å²) in [5.41, 5.74) is 6.14. The van der Waals surface area contributed by atoms with Gasteiger partial charge in [-0.2, -0.15) is 10.1 Å². The molecule has 0 bridgehead atoms. The number of fused-ring (bicyclic) bond motifs is 1. The zero-order valence-corrected chi connectivity index (χ0v) is 10.9.